The largest absolute Gasteiger partial charge is 0.480 e. The zero-order valence-corrected chi connectivity index (χ0v) is 15.0. The fourth-order valence-electron chi connectivity index (χ4n) is 3.33. The molecule has 0 N–H and O–H groups in total. The normalized spacial score (nSPS) is 20.3. The van der Waals surface area contributed by atoms with Crippen molar-refractivity contribution in [3.05, 3.63) is 41.7 Å². The Morgan fingerprint density at radius 3 is 2.88 bits per heavy atom. The van der Waals surface area contributed by atoms with Crippen LogP contribution >= 0.6 is 0 Å². The van der Waals surface area contributed by atoms with E-state index in [1.165, 1.54) is 0 Å². The van der Waals surface area contributed by atoms with E-state index in [0.29, 0.717) is 29.8 Å². The van der Waals surface area contributed by atoms with Crippen molar-refractivity contribution >= 4 is 0 Å². The second kappa shape index (κ2) is 6.87. The Balaban J connectivity index is 1.67. The molecule has 0 bridgehead atoms. The molecule has 26 heavy (non-hydrogen) atoms. The summed E-state index contributed by atoms with van der Waals surface area (Å²) in [6.07, 6.45) is 3.49. The lowest BCUT2D eigenvalue weighted by Crippen LogP contribution is -2.23. The van der Waals surface area contributed by atoms with Crippen LogP contribution in [0.5, 0.6) is 5.88 Å². The summed E-state index contributed by atoms with van der Waals surface area (Å²) in [6.45, 7) is 2.62. The minimum absolute atomic E-state index is 0.00944. The van der Waals surface area contributed by atoms with Gasteiger partial charge in [0, 0.05) is 25.5 Å². The van der Waals surface area contributed by atoms with Crippen LogP contribution in [-0.4, -0.2) is 38.7 Å². The number of hydrogen-bond acceptors (Lipinski definition) is 7. The molecule has 0 saturated carbocycles. The molecule has 8 heteroatoms. The molecule has 3 aromatic rings. The summed E-state index contributed by atoms with van der Waals surface area (Å²) >= 11 is 0. The number of aryl methyl sites for hydroxylation is 2. The third-order valence-corrected chi connectivity index (χ3v) is 4.65. The van der Waals surface area contributed by atoms with E-state index in [9.17, 15) is 0 Å². The number of pyridine rings is 1. The lowest BCUT2D eigenvalue weighted by atomic mass is 9.92. The van der Waals surface area contributed by atoms with Gasteiger partial charge >= 0.3 is 0 Å². The summed E-state index contributed by atoms with van der Waals surface area (Å²) < 4.78 is 19.2. The molecule has 4 rings (SSSR count). The van der Waals surface area contributed by atoms with Gasteiger partial charge in [0.05, 0.1) is 18.7 Å². The Morgan fingerprint density at radius 1 is 1.23 bits per heavy atom. The van der Waals surface area contributed by atoms with Gasteiger partial charge in [0.15, 0.2) is 0 Å². The van der Waals surface area contributed by atoms with E-state index in [1.807, 2.05) is 36.9 Å². The number of methoxy groups -OCH3 is 1. The first-order valence-electron chi connectivity index (χ1n) is 8.62. The van der Waals surface area contributed by atoms with Gasteiger partial charge in [-0.05, 0) is 38.0 Å². The van der Waals surface area contributed by atoms with Crippen molar-refractivity contribution in [2.24, 2.45) is 7.05 Å². The number of ether oxygens (including phenoxy) is 2. The van der Waals surface area contributed by atoms with E-state index in [-0.39, 0.29) is 12.0 Å². The number of rotatable bonds is 4. The van der Waals surface area contributed by atoms with Crippen LogP contribution in [0.25, 0.3) is 11.5 Å². The quantitative estimate of drug-likeness (QED) is 0.711. The van der Waals surface area contributed by atoms with Gasteiger partial charge in [0.1, 0.15) is 11.7 Å². The molecule has 0 aromatic carbocycles. The van der Waals surface area contributed by atoms with Crippen molar-refractivity contribution < 1.29 is 13.9 Å². The third kappa shape index (κ3) is 2.96. The van der Waals surface area contributed by atoms with Crippen LogP contribution in [0.1, 0.15) is 42.1 Å². The van der Waals surface area contributed by atoms with Crippen molar-refractivity contribution in [1.82, 2.24) is 25.0 Å². The first-order valence-corrected chi connectivity index (χ1v) is 8.62. The molecule has 0 unspecified atom stereocenters. The highest BCUT2D eigenvalue weighted by Crippen LogP contribution is 2.41. The van der Waals surface area contributed by atoms with E-state index in [1.54, 1.807) is 13.3 Å². The van der Waals surface area contributed by atoms with Gasteiger partial charge in [0.2, 0.25) is 11.8 Å². The first kappa shape index (κ1) is 16.7. The highest BCUT2D eigenvalue weighted by atomic mass is 16.5. The maximum absolute atomic E-state index is 6.02. The van der Waals surface area contributed by atoms with Crippen LogP contribution < -0.4 is 4.74 Å². The Bertz CT molecular complexity index is 904. The summed E-state index contributed by atoms with van der Waals surface area (Å²) in [7, 11) is 3.49. The van der Waals surface area contributed by atoms with Gasteiger partial charge < -0.3 is 13.9 Å². The van der Waals surface area contributed by atoms with Crippen molar-refractivity contribution in [1.29, 1.82) is 0 Å². The molecule has 8 nitrogen and oxygen atoms in total. The van der Waals surface area contributed by atoms with Gasteiger partial charge in [-0.25, -0.2) is 4.98 Å². The Hall–Kier alpha value is -2.74. The van der Waals surface area contributed by atoms with E-state index < -0.39 is 0 Å². The summed E-state index contributed by atoms with van der Waals surface area (Å²) in [5.41, 5.74) is 2.55. The van der Waals surface area contributed by atoms with Crippen LogP contribution in [0, 0.1) is 6.92 Å². The third-order valence-electron chi connectivity index (χ3n) is 4.65. The predicted octanol–water partition coefficient (Wildman–Crippen LogP) is 2.82. The van der Waals surface area contributed by atoms with Crippen LogP contribution in [0.3, 0.4) is 0 Å². The maximum atomic E-state index is 6.02. The summed E-state index contributed by atoms with van der Waals surface area (Å²) in [5.74, 6) is 1.43. The number of aromatic nitrogens is 5. The molecule has 4 heterocycles. The summed E-state index contributed by atoms with van der Waals surface area (Å²) in [5, 5.41) is 12.8. The lowest BCUT2D eigenvalue weighted by molar-refractivity contribution is -0.0135. The molecular formula is C18H21N5O3. The van der Waals surface area contributed by atoms with Crippen LogP contribution in [-0.2, 0) is 11.8 Å². The maximum Gasteiger partial charge on any atom is 0.253 e. The van der Waals surface area contributed by atoms with E-state index in [0.717, 1.165) is 24.2 Å². The average molecular weight is 355 g/mol. The van der Waals surface area contributed by atoms with E-state index in [4.69, 9.17) is 13.9 Å². The highest BCUT2D eigenvalue weighted by Gasteiger charge is 2.35. The van der Waals surface area contributed by atoms with Crippen LogP contribution in [0.4, 0.5) is 0 Å². The molecule has 3 aromatic heterocycles. The van der Waals surface area contributed by atoms with Crippen LogP contribution in [0.15, 0.2) is 28.8 Å². The molecular weight excluding hydrogens is 334 g/mol. The second-order valence-corrected chi connectivity index (χ2v) is 6.37. The predicted molar refractivity (Wildman–Crippen MR) is 92.7 cm³/mol. The first-order chi connectivity index (χ1) is 12.7. The van der Waals surface area contributed by atoms with Crippen LogP contribution in [0.2, 0.25) is 0 Å². The molecule has 1 fully saturated rings. The van der Waals surface area contributed by atoms with E-state index >= 15 is 0 Å². The highest BCUT2D eigenvalue weighted by molar-refractivity contribution is 5.59. The zero-order chi connectivity index (χ0) is 18.1. The summed E-state index contributed by atoms with van der Waals surface area (Å²) in [4.78, 5) is 4.37. The van der Waals surface area contributed by atoms with Gasteiger partial charge in [-0.3, -0.25) is 4.68 Å². The van der Waals surface area contributed by atoms with Crippen molar-refractivity contribution in [3.8, 4) is 17.3 Å². The van der Waals surface area contributed by atoms with E-state index in [2.05, 4.69) is 20.3 Å². The average Bonchev–Trinajstić information content (AvgIpc) is 3.30. The monoisotopic (exact) mass is 355 g/mol. The standard InChI is InChI=1S/C18H21N5O3/c1-11-6-7-13(16(20-11)24-3)18-22-21-17(26-18)12-5-4-10-25-15(12)14-8-9-19-23(14)2/h6-9,12,15H,4-5,10H2,1-3H3/t12-,15-/m1/s1. The molecule has 136 valence electrons. The van der Waals surface area contributed by atoms with Gasteiger partial charge in [-0.15, -0.1) is 10.2 Å². The topological polar surface area (TPSA) is 88.1 Å². The second-order valence-electron chi connectivity index (χ2n) is 6.37. The van der Waals surface area contributed by atoms with Crippen molar-refractivity contribution in [3.63, 3.8) is 0 Å². The Morgan fingerprint density at radius 2 is 2.12 bits per heavy atom. The number of nitrogens with zero attached hydrogens (tertiary/aromatic N) is 5. The fourth-order valence-corrected chi connectivity index (χ4v) is 3.33. The molecule has 2 atom stereocenters. The molecule has 1 aliphatic heterocycles. The molecule has 0 aliphatic carbocycles. The fraction of sp³-hybridized carbons (Fsp3) is 0.444. The molecule has 1 aliphatic rings. The minimum Gasteiger partial charge on any atom is -0.480 e. The lowest BCUT2D eigenvalue weighted by Gasteiger charge is -2.29. The molecule has 0 radical (unpaired) electrons. The molecule has 1 saturated heterocycles. The zero-order valence-electron chi connectivity index (χ0n) is 15.0. The van der Waals surface area contributed by atoms with Gasteiger partial charge in [-0.2, -0.15) is 5.10 Å². The van der Waals surface area contributed by atoms with Crippen molar-refractivity contribution in [2.75, 3.05) is 13.7 Å². The Kier molecular flexibility index (Phi) is 4.42. The van der Waals surface area contributed by atoms with Gasteiger partial charge in [-0.1, -0.05) is 0 Å². The summed E-state index contributed by atoms with van der Waals surface area (Å²) in [6, 6.07) is 5.74. The SMILES string of the molecule is COc1nc(C)ccc1-c1nnc([C@@H]2CCCO[C@H]2c2ccnn2C)o1. The number of hydrogen-bond donors (Lipinski definition) is 0. The Labute approximate surface area is 151 Å². The van der Waals surface area contributed by atoms with Gasteiger partial charge in [0.25, 0.3) is 5.89 Å². The van der Waals surface area contributed by atoms with Crippen molar-refractivity contribution in [2.45, 2.75) is 31.8 Å². The smallest absolute Gasteiger partial charge is 0.253 e. The minimum atomic E-state index is -0.150. The molecule has 0 spiro atoms. The molecule has 0 amide bonds.